The fraction of sp³-hybridized carbons (Fsp3) is 0.538. The molecule has 1 atom stereocenters. The standard InChI is InChI=1S/C13H16Cl2F3NO2/c1-2-21-12-6-9(14)8(5-10(12)15)11(19)3-4-20-7-13(16,17)18/h5-6,11H,2-4,7,19H2,1H3. The van der Waals surface area contributed by atoms with E-state index in [0.29, 0.717) is 28.0 Å². The van der Waals surface area contributed by atoms with Crippen molar-refractivity contribution in [2.45, 2.75) is 25.6 Å². The van der Waals surface area contributed by atoms with Crippen LogP contribution in [0.5, 0.6) is 5.75 Å². The van der Waals surface area contributed by atoms with E-state index in [2.05, 4.69) is 4.74 Å². The number of hydrogen-bond donors (Lipinski definition) is 1. The molecule has 2 N–H and O–H groups in total. The second-order valence-electron chi connectivity index (χ2n) is 4.30. The molecule has 0 spiro atoms. The quantitative estimate of drug-likeness (QED) is 0.746. The Morgan fingerprint density at radius 1 is 1.24 bits per heavy atom. The van der Waals surface area contributed by atoms with Gasteiger partial charge in [-0.05, 0) is 25.0 Å². The largest absolute Gasteiger partial charge is 0.492 e. The zero-order valence-corrected chi connectivity index (χ0v) is 12.9. The van der Waals surface area contributed by atoms with Crippen molar-refractivity contribution < 1.29 is 22.6 Å². The number of halogens is 5. The predicted octanol–water partition coefficient (Wildman–Crippen LogP) is 4.36. The zero-order chi connectivity index (χ0) is 16.0. The molecule has 8 heteroatoms. The van der Waals surface area contributed by atoms with Crippen LogP contribution in [-0.2, 0) is 4.74 Å². The van der Waals surface area contributed by atoms with Crippen molar-refractivity contribution in [1.29, 1.82) is 0 Å². The lowest BCUT2D eigenvalue weighted by Crippen LogP contribution is -2.20. The van der Waals surface area contributed by atoms with Crippen LogP contribution in [0, 0.1) is 0 Å². The van der Waals surface area contributed by atoms with E-state index in [4.69, 9.17) is 33.7 Å². The predicted molar refractivity (Wildman–Crippen MR) is 76.1 cm³/mol. The zero-order valence-electron chi connectivity index (χ0n) is 11.3. The van der Waals surface area contributed by atoms with E-state index in [1.807, 2.05) is 6.92 Å². The third-order valence-corrected chi connectivity index (χ3v) is 3.21. The molecule has 0 aliphatic heterocycles. The Hall–Kier alpha value is -0.690. The fourth-order valence-corrected chi connectivity index (χ4v) is 2.17. The Bertz CT molecular complexity index is 469. The number of rotatable bonds is 7. The Balaban J connectivity index is 2.62. The van der Waals surface area contributed by atoms with Crippen LogP contribution < -0.4 is 10.5 Å². The fourth-order valence-electron chi connectivity index (χ4n) is 1.65. The van der Waals surface area contributed by atoms with Crippen LogP contribution in [0.1, 0.15) is 24.9 Å². The number of ether oxygens (including phenoxy) is 2. The first-order chi connectivity index (χ1) is 9.74. The summed E-state index contributed by atoms with van der Waals surface area (Å²) in [7, 11) is 0. The maximum atomic E-state index is 11.9. The molecule has 0 bridgehead atoms. The summed E-state index contributed by atoms with van der Waals surface area (Å²) >= 11 is 12.1. The van der Waals surface area contributed by atoms with Crippen LogP contribution in [0.25, 0.3) is 0 Å². The molecule has 1 unspecified atom stereocenters. The van der Waals surface area contributed by atoms with E-state index in [9.17, 15) is 13.2 Å². The highest BCUT2D eigenvalue weighted by Crippen LogP contribution is 2.34. The summed E-state index contributed by atoms with van der Waals surface area (Å²) in [6, 6.07) is 2.53. The lowest BCUT2D eigenvalue weighted by atomic mass is 10.0. The molecule has 0 radical (unpaired) electrons. The summed E-state index contributed by atoms with van der Waals surface area (Å²) in [6.45, 7) is 0.827. The Morgan fingerprint density at radius 2 is 1.90 bits per heavy atom. The summed E-state index contributed by atoms with van der Waals surface area (Å²) in [5.74, 6) is 0.438. The van der Waals surface area contributed by atoms with Gasteiger partial charge in [-0.1, -0.05) is 23.2 Å². The van der Waals surface area contributed by atoms with E-state index in [1.54, 1.807) is 12.1 Å². The number of hydrogen-bond acceptors (Lipinski definition) is 3. The van der Waals surface area contributed by atoms with Crippen LogP contribution in [0.2, 0.25) is 10.0 Å². The molecule has 0 heterocycles. The van der Waals surface area contributed by atoms with Crippen LogP contribution in [0.3, 0.4) is 0 Å². The Labute approximate surface area is 131 Å². The van der Waals surface area contributed by atoms with Gasteiger partial charge in [0.2, 0.25) is 0 Å². The molecule has 0 aromatic heterocycles. The number of alkyl halides is 3. The van der Waals surface area contributed by atoms with Gasteiger partial charge >= 0.3 is 6.18 Å². The van der Waals surface area contributed by atoms with Gasteiger partial charge in [0.05, 0.1) is 11.6 Å². The highest BCUT2D eigenvalue weighted by Gasteiger charge is 2.27. The van der Waals surface area contributed by atoms with Crippen LogP contribution in [0.15, 0.2) is 12.1 Å². The van der Waals surface area contributed by atoms with Crippen molar-refractivity contribution in [2.24, 2.45) is 5.73 Å². The van der Waals surface area contributed by atoms with Gasteiger partial charge in [-0.2, -0.15) is 13.2 Å². The van der Waals surface area contributed by atoms with E-state index >= 15 is 0 Å². The van der Waals surface area contributed by atoms with E-state index in [-0.39, 0.29) is 13.0 Å². The molecule has 0 aliphatic carbocycles. The van der Waals surface area contributed by atoms with E-state index < -0.39 is 18.8 Å². The van der Waals surface area contributed by atoms with Gasteiger partial charge in [-0.25, -0.2) is 0 Å². The van der Waals surface area contributed by atoms with Crippen LogP contribution >= 0.6 is 23.2 Å². The monoisotopic (exact) mass is 345 g/mol. The average molecular weight is 346 g/mol. The third kappa shape index (κ3) is 6.30. The first-order valence-electron chi connectivity index (χ1n) is 6.26. The van der Waals surface area contributed by atoms with Gasteiger partial charge in [0.15, 0.2) is 0 Å². The Kier molecular flexibility index (Phi) is 7.06. The molecular weight excluding hydrogens is 330 g/mol. The molecule has 1 aromatic carbocycles. The van der Waals surface area contributed by atoms with Gasteiger partial charge < -0.3 is 15.2 Å². The van der Waals surface area contributed by atoms with Crippen molar-refractivity contribution in [3.05, 3.63) is 27.7 Å². The van der Waals surface area contributed by atoms with Gasteiger partial charge in [-0.3, -0.25) is 0 Å². The minimum absolute atomic E-state index is 0.123. The smallest absolute Gasteiger partial charge is 0.411 e. The molecule has 120 valence electrons. The molecular formula is C13H16Cl2F3NO2. The van der Waals surface area contributed by atoms with Crippen LogP contribution in [0.4, 0.5) is 13.2 Å². The van der Waals surface area contributed by atoms with Gasteiger partial charge in [0, 0.05) is 23.7 Å². The molecule has 0 amide bonds. The highest BCUT2D eigenvalue weighted by atomic mass is 35.5. The second kappa shape index (κ2) is 8.08. The third-order valence-electron chi connectivity index (χ3n) is 2.59. The average Bonchev–Trinajstić information content (AvgIpc) is 2.37. The summed E-state index contributed by atoms with van der Waals surface area (Å²) in [5, 5.41) is 0.703. The summed E-state index contributed by atoms with van der Waals surface area (Å²) < 4.78 is 45.6. The molecule has 0 fully saturated rings. The van der Waals surface area contributed by atoms with Gasteiger partial charge in [0.1, 0.15) is 12.4 Å². The molecule has 0 saturated carbocycles. The maximum absolute atomic E-state index is 11.9. The molecule has 1 aromatic rings. The van der Waals surface area contributed by atoms with Gasteiger partial charge in [0.25, 0.3) is 0 Å². The van der Waals surface area contributed by atoms with E-state index in [0.717, 1.165) is 0 Å². The lowest BCUT2D eigenvalue weighted by Gasteiger charge is -2.16. The van der Waals surface area contributed by atoms with Crippen molar-refractivity contribution in [1.82, 2.24) is 0 Å². The summed E-state index contributed by atoms with van der Waals surface area (Å²) in [6.07, 6.45) is -4.15. The lowest BCUT2D eigenvalue weighted by molar-refractivity contribution is -0.174. The first kappa shape index (κ1) is 18.4. The normalized spacial score (nSPS) is 13.3. The van der Waals surface area contributed by atoms with Gasteiger partial charge in [-0.15, -0.1) is 0 Å². The maximum Gasteiger partial charge on any atom is 0.411 e. The first-order valence-corrected chi connectivity index (χ1v) is 7.02. The van der Waals surface area contributed by atoms with E-state index in [1.165, 1.54) is 0 Å². The topological polar surface area (TPSA) is 44.5 Å². The highest BCUT2D eigenvalue weighted by molar-refractivity contribution is 6.34. The van der Waals surface area contributed by atoms with Crippen LogP contribution in [-0.4, -0.2) is 26.0 Å². The van der Waals surface area contributed by atoms with Crippen molar-refractivity contribution >= 4 is 23.2 Å². The Morgan fingerprint density at radius 3 is 2.48 bits per heavy atom. The molecule has 1 rings (SSSR count). The molecule has 21 heavy (non-hydrogen) atoms. The summed E-state index contributed by atoms with van der Waals surface area (Å²) in [4.78, 5) is 0. The van der Waals surface area contributed by atoms with Crippen molar-refractivity contribution in [2.75, 3.05) is 19.8 Å². The SMILES string of the molecule is CCOc1cc(Cl)c(C(N)CCOCC(F)(F)F)cc1Cl. The molecule has 0 aliphatic rings. The van der Waals surface area contributed by atoms with Crippen molar-refractivity contribution in [3.8, 4) is 5.75 Å². The van der Waals surface area contributed by atoms with Crippen molar-refractivity contribution in [3.63, 3.8) is 0 Å². The number of nitrogens with two attached hydrogens (primary N) is 1. The number of benzene rings is 1. The minimum atomic E-state index is -4.34. The minimum Gasteiger partial charge on any atom is -0.492 e. The second-order valence-corrected chi connectivity index (χ2v) is 5.11. The molecule has 3 nitrogen and oxygen atoms in total. The molecule has 0 saturated heterocycles. The summed E-state index contributed by atoms with van der Waals surface area (Å²) in [5.41, 5.74) is 6.44.